The van der Waals surface area contributed by atoms with Gasteiger partial charge in [-0.3, -0.25) is 0 Å². The van der Waals surface area contributed by atoms with Crippen LogP contribution in [0.15, 0.2) is 23.1 Å². The second kappa shape index (κ2) is 5.73. The molecule has 0 amide bonds. The summed E-state index contributed by atoms with van der Waals surface area (Å²) in [5.74, 6) is -1.15. The van der Waals surface area contributed by atoms with Crippen LogP contribution in [0.1, 0.15) is 11.1 Å². The fraction of sp³-hybridized carbons (Fsp3) is 0.250. The molecule has 1 N–H and O–H groups in total. The average Bonchev–Trinajstić information content (AvgIpc) is 2.29. The number of rotatable bonds is 4. The van der Waals surface area contributed by atoms with Crippen molar-refractivity contribution in [2.75, 3.05) is 14.1 Å². The largest absolute Gasteiger partial charge is 0.478 e. The molecule has 0 aliphatic rings. The molecular formula is C12H14ClNO4S. The van der Waals surface area contributed by atoms with Crippen LogP contribution in [-0.4, -0.2) is 37.9 Å². The molecule has 0 radical (unpaired) electrons. The molecular weight excluding hydrogens is 290 g/mol. The number of hydrogen-bond acceptors (Lipinski definition) is 3. The number of carboxylic acid groups (broad SMARTS) is 1. The van der Waals surface area contributed by atoms with E-state index in [1.165, 1.54) is 32.3 Å². The third-order valence-corrected chi connectivity index (χ3v) is 4.73. The van der Waals surface area contributed by atoms with Crippen LogP contribution in [0.5, 0.6) is 0 Å². The summed E-state index contributed by atoms with van der Waals surface area (Å²) in [7, 11) is -0.897. The van der Waals surface area contributed by atoms with Crippen LogP contribution in [0.25, 0.3) is 6.08 Å². The van der Waals surface area contributed by atoms with Crippen molar-refractivity contribution in [3.63, 3.8) is 0 Å². The van der Waals surface area contributed by atoms with E-state index in [1.807, 2.05) is 0 Å². The van der Waals surface area contributed by atoms with Gasteiger partial charge in [-0.1, -0.05) is 11.6 Å². The molecule has 0 fully saturated rings. The van der Waals surface area contributed by atoms with E-state index in [2.05, 4.69) is 0 Å². The van der Waals surface area contributed by atoms with E-state index in [1.54, 1.807) is 6.92 Å². The van der Waals surface area contributed by atoms with Gasteiger partial charge in [-0.05, 0) is 36.3 Å². The fourth-order valence-corrected chi connectivity index (χ4v) is 2.71. The van der Waals surface area contributed by atoms with Gasteiger partial charge in [0.1, 0.15) is 0 Å². The second-order valence-corrected chi connectivity index (χ2v) is 6.63. The minimum Gasteiger partial charge on any atom is -0.478 e. The van der Waals surface area contributed by atoms with E-state index in [4.69, 9.17) is 16.7 Å². The molecule has 1 aromatic rings. The Morgan fingerprint density at radius 2 is 1.95 bits per heavy atom. The number of carboxylic acids is 1. The van der Waals surface area contributed by atoms with E-state index in [0.717, 1.165) is 10.4 Å². The van der Waals surface area contributed by atoms with E-state index in [-0.39, 0.29) is 10.5 Å². The highest BCUT2D eigenvalue weighted by atomic mass is 35.5. The van der Waals surface area contributed by atoms with Crippen LogP contribution in [0.3, 0.4) is 0 Å². The average molecular weight is 304 g/mol. The molecule has 0 saturated carbocycles. The Balaban J connectivity index is 3.54. The van der Waals surface area contributed by atoms with E-state index in [9.17, 15) is 13.2 Å². The Labute approximate surface area is 117 Å². The van der Waals surface area contributed by atoms with E-state index >= 15 is 0 Å². The van der Waals surface area contributed by atoms with Crippen molar-refractivity contribution in [2.45, 2.75) is 11.8 Å². The number of hydrogen-bond donors (Lipinski definition) is 1. The molecule has 19 heavy (non-hydrogen) atoms. The fourth-order valence-electron chi connectivity index (χ4n) is 1.40. The number of aryl methyl sites for hydroxylation is 1. The summed E-state index contributed by atoms with van der Waals surface area (Å²) < 4.78 is 25.3. The van der Waals surface area contributed by atoms with Crippen LogP contribution in [-0.2, 0) is 14.8 Å². The predicted molar refractivity (Wildman–Crippen MR) is 73.7 cm³/mol. The molecule has 0 aliphatic heterocycles. The summed E-state index contributed by atoms with van der Waals surface area (Å²) in [5.41, 5.74) is 0.961. The summed E-state index contributed by atoms with van der Waals surface area (Å²) in [6.07, 6.45) is 2.12. The molecule has 1 aromatic carbocycles. The molecule has 0 aromatic heterocycles. The molecule has 5 nitrogen and oxygen atoms in total. The molecule has 0 heterocycles. The Bertz CT molecular complexity index is 635. The lowest BCUT2D eigenvalue weighted by Crippen LogP contribution is -2.23. The smallest absolute Gasteiger partial charge is 0.328 e. The van der Waals surface area contributed by atoms with Crippen LogP contribution < -0.4 is 0 Å². The van der Waals surface area contributed by atoms with Gasteiger partial charge in [-0.2, -0.15) is 0 Å². The molecule has 104 valence electrons. The highest BCUT2D eigenvalue weighted by Crippen LogP contribution is 2.27. The van der Waals surface area contributed by atoms with Crippen molar-refractivity contribution in [3.05, 3.63) is 34.4 Å². The zero-order valence-corrected chi connectivity index (χ0v) is 12.3. The first kappa shape index (κ1) is 15.7. The quantitative estimate of drug-likeness (QED) is 0.863. The van der Waals surface area contributed by atoms with Crippen molar-refractivity contribution >= 4 is 33.7 Å². The van der Waals surface area contributed by atoms with Crippen molar-refractivity contribution in [3.8, 4) is 0 Å². The van der Waals surface area contributed by atoms with Gasteiger partial charge < -0.3 is 5.11 Å². The minimum atomic E-state index is -3.69. The Hall–Kier alpha value is -1.37. The van der Waals surface area contributed by atoms with Crippen LogP contribution in [0.2, 0.25) is 5.02 Å². The number of benzene rings is 1. The number of halogens is 1. The van der Waals surface area contributed by atoms with E-state index in [0.29, 0.717) is 10.6 Å². The number of aliphatic carboxylic acids is 1. The van der Waals surface area contributed by atoms with E-state index < -0.39 is 16.0 Å². The van der Waals surface area contributed by atoms with Crippen molar-refractivity contribution in [1.82, 2.24) is 4.31 Å². The standard InChI is InChI=1S/C12H14ClNO4S/c1-8-6-9(4-5-12(15)16)11(7-10(8)13)19(17,18)14(2)3/h4-7H,1-3H3,(H,15,16). The maximum absolute atomic E-state index is 12.1. The lowest BCUT2D eigenvalue weighted by atomic mass is 10.1. The summed E-state index contributed by atoms with van der Waals surface area (Å²) in [5, 5.41) is 8.94. The molecule has 7 heteroatoms. The van der Waals surface area contributed by atoms with Crippen molar-refractivity contribution in [2.24, 2.45) is 0 Å². The third kappa shape index (κ3) is 3.56. The summed E-state index contributed by atoms with van der Waals surface area (Å²) in [6.45, 7) is 1.71. The SMILES string of the molecule is Cc1cc(C=CC(=O)O)c(S(=O)(=O)N(C)C)cc1Cl. The third-order valence-electron chi connectivity index (χ3n) is 2.46. The molecule has 0 bridgehead atoms. The summed E-state index contributed by atoms with van der Waals surface area (Å²) in [6, 6.07) is 2.87. The van der Waals surface area contributed by atoms with Gasteiger partial charge in [0.15, 0.2) is 0 Å². The van der Waals surface area contributed by atoms with Crippen LogP contribution in [0.4, 0.5) is 0 Å². The van der Waals surface area contributed by atoms with Gasteiger partial charge in [-0.15, -0.1) is 0 Å². The molecule has 0 atom stereocenters. The van der Waals surface area contributed by atoms with Gasteiger partial charge in [0, 0.05) is 25.2 Å². The maximum Gasteiger partial charge on any atom is 0.328 e. The highest BCUT2D eigenvalue weighted by Gasteiger charge is 2.21. The maximum atomic E-state index is 12.1. The molecule has 1 rings (SSSR count). The Kier molecular flexibility index (Phi) is 4.73. The molecule has 0 spiro atoms. The second-order valence-electron chi connectivity index (χ2n) is 4.10. The number of sulfonamides is 1. The van der Waals surface area contributed by atoms with Gasteiger partial charge in [-0.25, -0.2) is 17.5 Å². The number of carbonyl (C=O) groups is 1. The number of nitrogens with zero attached hydrogens (tertiary/aromatic N) is 1. The van der Waals surface area contributed by atoms with Gasteiger partial charge in [0.05, 0.1) is 4.90 Å². The highest BCUT2D eigenvalue weighted by molar-refractivity contribution is 7.89. The summed E-state index contributed by atoms with van der Waals surface area (Å²) in [4.78, 5) is 10.5. The monoisotopic (exact) mass is 303 g/mol. The Morgan fingerprint density at radius 3 is 2.42 bits per heavy atom. The Morgan fingerprint density at radius 1 is 1.37 bits per heavy atom. The molecule has 0 unspecified atom stereocenters. The molecule has 0 saturated heterocycles. The first-order valence-electron chi connectivity index (χ1n) is 5.30. The van der Waals surface area contributed by atoms with Crippen LogP contribution in [0, 0.1) is 6.92 Å². The first-order valence-corrected chi connectivity index (χ1v) is 7.11. The van der Waals surface area contributed by atoms with Gasteiger partial charge >= 0.3 is 5.97 Å². The van der Waals surface area contributed by atoms with Crippen molar-refractivity contribution < 1.29 is 18.3 Å². The summed E-state index contributed by atoms with van der Waals surface area (Å²) >= 11 is 5.94. The lowest BCUT2D eigenvalue weighted by Gasteiger charge is -2.15. The topological polar surface area (TPSA) is 74.7 Å². The first-order chi connectivity index (χ1) is 8.66. The predicted octanol–water partition coefficient (Wildman–Crippen LogP) is 2.00. The lowest BCUT2D eigenvalue weighted by molar-refractivity contribution is -0.131. The van der Waals surface area contributed by atoms with Crippen molar-refractivity contribution in [1.29, 1.82) is 0 Å². The van der Waals surface area contributed by atoms with Gasteiger partial charge in [0.2, 0.25) is 10.0 Å². The minimum absolute atomic E-state index is 0.0226. The van der Waals surface area contributed by atoms with Gasteiger partial charge in [0.25, 0.3) is 0 Å². The van der Waals surface area contributed by atoms with Crippen LogP contribution >= 0.6 is 11.6 Å². The normalized spacial score (nSPS) is 12.3. The zero-order chi connectivity index (χ0) is 14.8. The zero-order valence-electron chi connectivity index (χ0n) is 10.7. The molecule has 0 aliphatic carbocycles.